The van der Waals surface area contributed by atoms with Crippen LogP contribution < -0.4 is 9.47 Å². The van der Waals surface area contributed by atoms with Crippen molar-refractivity contribution in [3.05, 3.63) is 82.9 Å². The quantitative estimate of drug-likeness (QED) is 0.330. The van der Waals surface area contributed by atoms with Gasteiger partial charge in [-0.25, -0.2) is 22.0 Å². The summed E-state index contributed by atoms with van der Waals surface area (Å²) >= 11 is 0. The second-order valence-corrected chi connectivity index (χ2v) is 6.82. The Labute approximate surface area is 179 Å². The van der Waals surface area contributed by atoms with Crippen molar-refractivity contribution < 1.29 is 40.2 Å². The van der Waals surface area contributed by atoms with Gasteiger partial charge in [-0.2, -0.15) is 8.78 Å². The molecule has 170 valence electrons. The molecule has 0 atom stereocenters. The molecule has 0 aliphatic carbocycles. The lowest BCUT2D eigenvalue weighted by Crippen LogP contribution is -2.22. The summed E-state index contributed by atoms with van der Waals surface area (Å²) in [4.78, 5) is 0. The first-order chi connectivity index (χ1) is 15.2. The highest BCUT2D eigenvalue weighted by molar-refractivity contribution is 5.65. The minimum Gasteiger partial charge on any atom is -0.457 e. The molecule has 9 heteroatoms. The van der Waals surface area contributed by atoms with Crippen LogP contribution in [0.3, 0.4) is 0 Å². The van der Waals surface area contributed by atoms with Crippen LogP contribution in [0, 0.1) is 23.3 Å². The fourth-order valence-corrected chi connectivity index (χ4v) is 3.11. The molecule has 0 fully saturated rings. The molecule has 0 aromatic heterocycles. The number of halogens is 7. The van der Waals surface area contributed by atoms with E-state index in [4.69, 9.17) is 0 Å². The van der Waals surface area contributed by atoms with Gasteiger partial charge in [0.15, 0.2) is 29.0 Å². The van der Waals surface area contributed by atoms with Crippen molar-refractivity contribution in [3.63, 3.8) is 0 Å². The largest absolute Gasteiger partial charge is 0.457 e. The molecule has 0 N–H and O–H groups in total. The smallest absolute Gasteiger partial charge is 0.426 e. The second-order valence-electron chi connectivity index (χ2n) is 6.82. The predicted molar refractivity (Wildman–Crippen MR) is 103 cm³/mol. The van der Waals surface area contributed by atoms with Gasteiger partial charge in [0.2, 0.25) is 6.86 Å². The molecular formula is C23H17F7O2. The summed E-state index contributed by atoms with van der Waals surface area (Å²) in [6.45, 7) is 0.309. The average molecular weight is 458 g/mol. The summed E-state index contributed by atoms with van der Waals surface area (Å²) < 4.78 is 106. The molecule has 0 saturated carbocycles. The SMILES string of the molecule is CCCc1ccc(-c2ccc(C(F)(F)Oc3cc(F)c(OCF)c(F)c3)cc2)c(F)c1F. The number of benzene rings is 3. The summed E-state index contributed by atoms with van der Waals surface area (Å²) in [7, 11) is 0. The average Bonchev–Trinajstić information content (AvgIpc) is 2.74. The molecule has 3 aromatic rings. The minimum absolute atomic E-state index is 0.106. The van der Waals surface area contributed by atoms with E-state index in [1.807, 2.05) is 6.92 Å². The zero-order chi connectivity index (χ0) is 23.5. The van der Waals surface area contributed by atoms with Gasteiger partial charge in [-0.1, -0.05) is 37.6 Å². The van der Waals surface area contributed by atoms with E-state index < -0.39 is 53.3 Å². The molecule has 0 unspecified atom stereocenters. The highest BCUT2D eigenvalue weighted by Crippen LogP contribution is 2.36. The van der Waals surface area contributed by atoms with Gasteiger partial charge in [-0.3, -0.25) is 0 Å². The van der Waals surface area contributed by atoms with Gasteiger partial charge >= 0.3 is 6.11 Å². The van der Waals surface area contributed by atoms with E-state index in [1.54, 1.807) is 0 Å². The molecule has 0 spiro atoms. The maximum Gasteiger partial charge on any atom is 0.426 e. The summed E-state index contributed by atoms with van der Waals surface area (Å²) in [5, 5.41) is 0. The zero-order valence-corrected chi connectivity index (χ0v) is 16.7. The van der Waals surface area contributed by atoms with Gasteiger partial charge in [0.05, 0.1) is 5.56 Å². The first-order valence-corrected chi connectivity index (χ1v) is 9.50. The molecule has 32 heavy (non-hydrogen) atoms. The van der Waals surface area contributed by atoms with Gasteiger partial charge in [0.25, 0.3) is 0 Å². The number of hydrogen-bond acceptors (Lipinski definition) is 2. The molecule has 0 saturated heterocycles. The highest BCUT2D eigenvalue weighted by atomic mass is 19.3. The molecule has 0 heterocycles. The monoisotopic (exact) mass is 458 g/mol. The number of rotatable bonds is 8. The van der Waals surface area contributed by atoms with Gasteiger partial charge in [-0.15, -0.1) is 0 Å². The highest BCUT2D eigenvalue weighted by Gasteiger charge is 2.35. The van der Waals surface area contributed by atoms with Gasteiger partial charge in [-0.05, 0) is 29.7 Å². The van der Waals surface area contributed by atoms with Crippen LogP contribution in [0.1, 0.15) is 24.5 Å². The van der Waals surface area contributed by atoms with Gasteiger partial charge in [0, 0.05) is 17.7 Å². The van der Waals surface area contributed by atoms with Crippen LogP contribution in [-0.4, -0.2) is 6.86 Å². The Hall–Kier alpha value is -3.23. The van der Waals surface area contributed by atoms with Crippen molar-refractivity contribution >= 4 is 0 Å². The Morgan fingerprint density at radius 3 is 2.03 bits per heavy atom. The van der Waals surface area contributed by atoms with E-state index in [0.717, 1.165) is 24.3 Å². The third-order valence-electron chi connectivity index (χ3n) is 4.63. The van der Waals surface area contributed by atoms with E-state index in [9.17, 15) is 30.7 Å². The van der Waals surface area contributed by atoms with Crippen LogP contribution in [0.25, 0.3) is 11.1 Å². The normalized spacial score (nSPS) is 11.5. The number of hydrogen-bond donors (Lipinski definition) is 0. The Balaban J connectivity index is 1.85. The molecule has 0 bridgehead atoms. The lowest BCUT2D eigenvalue weighted by molar-refractivity contribution is -0.185. The number of alkyl halides is 3. The van der Waals surface area contributed by atoms with Crippen molar-refractivity contribution in [2.24, 2.45) is 0 Å². The third kappa shape index (κ3) is 4.81. The van der Waals surface area contributed by atoms with Crippen molar-refractivity contribution in [1.82, 2.24) is 0 Å². The van der Waals surface area contributed by atoms with Gasteiger partial charge < -0.3 is 9.47 Å². The molecular weight excluding hydrogens is 441 g/mol. The standard InChI is InChI=1S/C23H17F7O2/c1-2-3-14-6-9-17(21(28)20(14)27)13-4-7-15(8-5-13)23(29,30)32-16-10-18(25)22(31-12-24)19(26)11-16/h4-11H,2-3,12H2,1H3. The maximum atomic E-state index is 14.5. The molecule has 0 aliphatic heterocycles. The Bertz CT molecular complexity index is 1080. The lowest BCUT2D eigenvalue weighted by Gasteiger charge is -2.19. The van der Waals surface area contributed by atoms with E-state index in [1.165, 1.54) is 12.1 Å². The Morgan fingerprint density at radius 2 is 1.47 bits per heavy atom. The summed E-state index contributed by atoms with van der Waals surface area (Å²) in [6, 6.07) is 7.76. The zero-order valence-electron chi connectivity index (χ0n) is 16.7. The van der Waals surface area contributed by atoms with Crippen LogP contribution in [-0.2, 0) is 12.5 Å². The van der Waals surface area contributed by atoms with Crippen molar-refractivity contribution in [3.8, 4) is 22.6 Å². The van der Waals surface area contributed by atoms with Crippen LogP contribution in [0.2, 0.25) is 0 Å². The molecule has 3 rings (SSSR count). The van der Waals surface area contributed by atoms with Crippen molar-refractivity contribution in [2.75, 3.05) is 6.86 Å². The summed E-state index contributed by atoms with van der Waals surface area (Å²) in [5.74, 6) is -6.85. The molecule has 2 nitrogen and oxygen atoms in total. The van der Waals surface area contributed by atoms with Gasteiger partial charge in [0.1, 0.15) is 5.75 Å². The first kappa shape index (κ1) is 23.4. The first-order valence-electron chi connectivity index (χ1n) is 9.50. The fraction of sp³-hybridized carbons (Fsp3) is 0.217. The molecule has 0 radical (unpaired) electrons. The molecule has 0 amide bonds. The van der Waals surface area contributed by atoms with Crippen LogP contribution >= 0.6 is 0 Å². The van der Waals surface area contributed by atoms with E-state index in [2.05, 4.69) is 9.47 Å². The maximum absolute atomic E-state index is 14.5. The van der Waals surface area contributed by atoms with Crippen LogP contribution in [0.4, 0.5) is 30.7 Å². The fourth-order valence-electron chi connectivity index (χ4n) is 3.11. The summed E-state index contributed by atoms with van der Waals surface area (Å²) in [5.41, 5.74) is -0.443. The van der Waals surface area contributed by atoms with Crippen molar-refractivity contribution in [2.45, 2.75) is 25.9 Å². The number of aryl methyl sites for hydroxylation is 1. The van der Waals surface area contributed by atoms with Crippen molar-refractivity contribution in [1.29, 1.82) is 0 Å². The third-order valence-corrected chi connectivity index (χ3v) is 4.63. The molecule has 3 aromatic carbocycles. The van der Waals surface area contributed by atoms with Crippen LogP contribution in [0.5, 0.6) is 11.5 Å². The van der Waals surface area contributed by atoms with E-state index >= 15 is 0 Å². The summed E-state index contributed by atoms with van der Waals surface area (Å²) in [6.07, 6.45) is -3.04. The number of ether oxygens (including phenoxy) is 2. The van der Waals surface area contributed by atoms with Crippen LogP contribution in [0.15, 0.2) is 48.5 Å². The topological polar surface area (TPSA) is 18.5 Å². The predicted octanol–water partition coefficient (Wildman–Crippen LogP) is 7.30. The lowest BCUT2D eigenvalue weighted by atomic mass is 9.99. The Morgan fingerprint density at radius 1 is 0.844 bits per heavy atom. The van der Waals surface area contributed by atoms with E-state index in [0.29, 0.717) is 25.0 Å². The van der Waals surface area contributed by atoms with E-state index in [-0.39, 0.29) is 16.7 Å². The Kier molecular flexibility index (Phi) is 6.96. The second kappa shape index (κ2) is 9.50. The minimum atomic E-state index is -4.02. The molecule has 0 aliphatic rings.